The molecule has 1 fully saturated rings. The van der Waals surface area contributed by atoms with Crippen LogP contribution in [0.3, 0.4) is 0 Å². The molecule has 20 heavy (non-hydrogen) atoms. The van der Waals surface area contributed by atoms with Crippen molar-refractivity contribution in [2.45, 2.75) is 25.4 Å². The second-order valence-corrected chi connectivity index (χ2v) is 6.28. The molecule has 2 heterocycles. The smallest absolute Gasteiger partial charge is 0.123 e. The molecule has 0 aliphatic carbocycles. The number of benzene rings is 1. The van der Waals surface area contributed by atoms with Crippen LogP contribution in [-0.2, 0) is 6.54 Å². The van der Waals surface area contributed by atoms with Gasteiger partial charge in [0.1, 0.15) is 5.01 Å². The highest BCUT2D eigenvalue weighted by atomic mass is 32.1. The van der Waals surface area contributed by atoms with Gasteiger partial charge in [0.15, 0.2) is 0 Å². The first kappa shape index (κ1) is 13.7. The van der Waals surface area contributed by atoms with Crippen LogP contribution >= 0.6 is 11.3 Å². The molecule has 0 amide bonds. The first-order valence-corrected chi connectivity index (χ1v) is 8.11. The highest BCUT2D eigenvalue weighted by Gasteiger charge is 2.19. The van der Waals surface area contributed by atoms with Gasteiger partial charge in [-0.05, 0) is 26.4 Å². The van der Waals surface area contributed by atoms with Crippen molar-refractivity contribution in [2.24, 2.45) is 0 Å². The number of likely N-dealkylation sites (tertiary alicyclic amines) is 1. The van der Waals surface area contributed by atoms with Crippen LogP contribution < -0.4 is 5.32 Å². The van der Waals surface area contributed by atoms with Gasteiger partial charge >= 0.3 is 0 Å². The van der Waals surface area contributed by atoms with Crippen LogP contribution in [0.25, 0.3) is 10.6 Å². The monoisotopic (exact) mass is 287 g/mol. The minimum Gasteiger partial charge on any atom is -0.310 e. The Bertz CT molecular complexity index is 538. The Morgan fingerprint density at radius 3 is 2.95 bits per heavy atom. The Hall–Kier alpha value is -1.23. The fraction of sp³-hybridized carbons (Fsp3) is 0.438. The van der Waals surface area contributed by atoms with Gasteiger partial charge in [-0.2, -0.15) is 0 Å². The molecule has 3 nitrogen and oxygen atoms in total. The lowest BCUT2D eigenvalue weighted by molar-refractivity contribution is 0.300. The number of thiazole rings is 1. The quantitative estimate of drug-likeness (QED) is 0.916. The molecule has 2 aromatic rings. The number of nitrogens with zero attached hydrogens (tertiary/aromatic N) is 2. The molecule has 0 spiro atoms. The molecule has 106 valence electrons. The Kier molecular flexibility index (Phi) is 4.45. The van der Waals surface area contributed by atoms with Crippen molar-refractivity contribution >= 4 is 11.3 Å². The summed E-state index contributed by atoms with van der Waals surface area (Å²) in [6.45, 7) is 3.17. The molecule has 0 unspecified atom stereocenters. The van der Waals surface area contributed by atoms with Crippen molar-refractivity contribution in [1.82, 2.24) is 15.2 Å². The van der Waals surface area contributed by atoms with Crippen LogP contribution in [0.15, 0.2) is 35.7 Å². The van der Waals surface area contributed by atoms with Crippen molar-refractivity contribution in [1.29, 1.82) is 0 Å². The van der Waals surface area contributed by atoms with E-state index in [0.29, 0.717) is 6.04 Å². The summed E-state index contributed by atoms with van der Waals surface area (Å²) in [6.07, 6.45) is 2.65. The van der Waals surface area contributed by atoms with Crippen molar-refractivity contribution in [3.8, 4) is 10.6 Å². The molecular weight excluding hydrogens is 266 g/mol. The fourth-order valence-electron chi connectivity index (χ4n) is 2.71. The molecule has 4 heteroatoms. The van der Waals surface area contributed by atoms with Crippen LogP contribution in [0.4, 0.5) is 0 Å². The van der Waals surface area contributed by atoms with Crippen molar-refractivity contribution in [3.05, 3.63) is 41.4 Å². The molecular formula is C16H21N3S. The van der Waals surface area contributed by atoms with Gasteiger partial charge in [0.05, 0.1) is 5.69 Å². The molecule has 0 saturated carbocycles. The maximum absolute atomic E-state index is 4.71. The van der Waals surface area contributed by atoms with E-state index in [-0.39, 0.29) is 0 Å². The number of likely N-dealkylation sites (N-methyl/N-ethyl adjacent to an activating group) is 1. The molecule has 1 aliphatic rings. The first-order chi connectivity index (χ1) is 9.83. The van der Waals surface area contributed by atoms with E-state index in [9.17, 15) is 0 Å². The molecule has 1 aromatic heterocycles. The van der Waals surface area contributed by atoms with Crippen molar-refractivity contribution in [3.63, 3.8) is 0 Å². The normalized spacial score (nSPS) is 19.6. The topological polar surface area (TPSA) is 28.2 Å². The first-order valence-electron chi connectivity index (χ1n) is 7.24. The highest BCUT2D eigenvalue weighted by Crippen LogP contribution is 2.23. The van der Waals surface area contributed by atoms with Gasteiger partial charge in [-0.15, -0.1) is 11.3 Å². The predicted octanol–water partition coefficient (Wildman–Crippen LogP) is 2.99. The summed E-state index contributed by atoms with van der Waals surface area (Å²) in [5.41, 5.74) is 2.36. The van der Waals surface area contributed by atoms with Gasteiger partial charge in [0.25, 0.3) is 0 Å². The molecule has 0 bridgehead atoms. The minimum absolute atomic E-state index is 0.697. The molecule has 1 aliphatic heterocycles. The average Bonchev–Trinajstić information content (AvgIpc) is 3.10. The lowest BCUT2D eigenvalue weighted by atomic mass is 10.2. The SMILES string of the molecule is CN1CCC[C@H]1CNCc1csc(-c2ccccc2)n1. The summed E-state index contributed by atoms with van der Waals surface area (Å²) in [4.78, 5) is 7.15. The Morgan fingerprint density at radius 2 is 2.20 bits per heavy atom. The largest absolute Gasteiger partial charge is 0.310 e. The van der Waals surface area contributed by atoms with E-state index in [0.717, 1.165) is 23.8 Å². The van der Waals surface area contributed by atoms with Gasteiger partial charge in [-0.1, -0.05) is 30.3 Å². The van der Waals surface area contributed by atoms with E-state index < -0.39 is 0 Å². The summed E-state index contributed by atoms with van der Waals surface area (Å²) in [6, 6.07) is 11.1. The third kappa shape index (κ3) is 3.26. The van der Waals surface area contributed by atoms with E-state index in [4.69, 9.17) is 4.98 Å². The summed E-state index contributed by atoms with van der Waals surface area (Å²) >= 11 is 1.72. The third-order valence-electron chi connectivity index (χ3n) is 3.93. The van der Waals surface area contributed by atoms with E-state index in [1.807, 2.05) is 6.07 Å². The highest BCUT2D eigenvalue weighted by molar-refractivity contribution is 7.13. The number of hydrogen-bond acceptors (Lipinski definition) is 4. The summed E-state index contributed by atoms with van der Waals surface area (Å²) in [7, 11) is 2.22. The van der Waals surface area contributed by atoms with Crippen LogP contribution in [0.2, 0.25) is 0 Å². The Labute approximate surface area is 124 Å². The molecule has 3 rings (SSSR count). The zero-order valence-electron chi connectivity index (χ0n) is 11.9. The summed E-state index contributed by atoms with van der Waals surface area (Å²) < 4.78 is 0. The molecule has 1 N–H and O–H groups in total. The summed E-state index contributed by atoms with van der Waals surface area (Å²) in [5, 5.41) is 6.81. The van der Waals surface area contributed by atoms with E-state index >= 15 is 0 Å². The third-order valence-corrected chi connectivity index (χ3v) is 4.87. The lowest BCUT2D eigenvalue weighted by Gasteiger charge is -2.19. The van der Waals surface area contributed by atoms with Gasteiger partial charge in [-0.25, -0.2) is 4.98 Å². The molecule has 1 aromatic carbocycles. The van der Waals surface area contributed by atoms with Crippen LogP contribution in [0.1, 0.15) is 18.5 Å². The number of hydrogen-bond donors (Lipinski definition) is 1. The van der Waals surface area contributed by atoms with E-state index in [2.05, 4.69) is 46.9 Å². The Balaban J connectivity index is 1.53. The fourth-order valence-corrected chi connectivity index (χ4v) is 3.53. The lowest BCUT2D eigenvalue weighted by Crippen LogP contribution is -2.35. The maximum atomic E-state index is 4.71. The zero-order valence-corrected chi connectivity index (χ0v) is 12.7. The zero-order chi connectivity index (χ0) is 13.8. The second-order valence-electron chi connectivity index (χ2n) is 5.42. The number of rotatable bonds is 5. The molecule has 1 saturated heterocycles. The molecule has 1 atom stereocenters. The predicted molar refractivity (Wildman–Crippen MR) is 84.9 cm³/mol. The Morgan fingerprint density at radius 1 is 1.35 bits per heavy atom. The van der Waals surface area contributed by atoms with Gasteiger partial charge in [-0.3, -0.25) is 0 Å². The number of aromatic nitrogens is 1. The molecule has 0 radical (unpaired) electrons. The number of nitrogens with one attached hydrogen (secondary N) is 1. The van der Waals surface area contributed by atoms with Gasteiger partial charge in [0, 0.05) is 30.1 Å². The minimum atomic E-state index is 0.697. The van der Waals surface area contributed by atoms with E-state index in [1.54, 1.807) is 11.3 Å². The van der Waals surface area contributed by atoms with Gasteiger partial charge < -0.3 is 10.2 Å². The van der Waals surface area contributed by atoms with Crippen LogP contribution in [0.5, 0.6) is 0 Å². The summed E-state index contributed by atoms with van der Waals surface area (Å²) in [5.74, 6) is 0. The van der Waals surface area contributed by atoms with Crippen molar-refractivity contribution < 1.29 is 0 Å². The van der Waals surface area contributed by atoms with Crippen LogP contribution in [0, 0.1) is 0 Å². The van der Waals surface area contributed by atoms with Crippen LogP contribution in [-0.4, -0.2) is 36.1 Å². The average molecular weight is 287 g/mol. The van der Waals surface area contributed by atoms with Crippen molar-refractivity contribution in [2.75, 3.05) is 20.1 Å². The van der Waals surface area contributed by atoms with E-state index in [1.165, 1.54) is 24.9 Å². The maximum Gasteiger partial charge on any atom is 0.123 e. The standard InChI is InChI=1S/C16H21N3S/c1-19-9-5-8-15(19)11-17-10-14-12-20-16(18-14)13-6-3-2-4-7-13/h2-4,6-7,12,15,17H,5,8-11H2,1H3/t15-/m0/s1. The second kappa shape index (κ2) is 6.48. The van der Waals surface area contributed by atoms with Gasteiger partial charge in [0.2, 0.25) is 0 Å².